The van der Waals surface area contributed by atoms with Gasteiger partial charge in [-0.2, -0.15) is 0 Å². The van der Waals surface area contributed by atoms with Crippen molar-refractivity contribution >= 4 is 11.9 Å². The predicted octanol–water partition coefficient (Wildman–Crippen LogP) is 4.44. The molecule has 0 spiro atoms. The van der Waals surface area contributed by atoms with Crippen LogP contribution in [0.25, 0.3) is 0 Å². The number of carbonyl (C=O) groups is 2. The van der Waals surface area contributed by atoms with Crippen molar-refractivity contribution in [1.29, 1.82) is 0 Å². The average molecular weight is 518 g/mol. The van der Waals surface area contributed by atoms with Gasteiger partial charge in [-0.25, -0.2) is 0 Å². The summed E-state index contributed by atoms with van der Waals surface area (Å²) in [7, 11) is 0. The molecule has 1 saturated carbocycles. The minimum absolute atomic E-state index is 0.0656. The van der Waals surface area contributed by atoms with E-state index in [1.54, 1.807) is 0 Å². The lowest BCUT2D eigenvalue weighted by Crippen LogP contribution is -2.47. The van der Waals surface area contributed by atoms with E-state index in [2.05, 4.69) is 5.32 Å². The van der Waals surface area contributed by atoms with Crippen molar-refractivity contribution in [2.75, 3.05) is 6.61 Å². The molecule has 7 nitrogen and oxygen atoms in total. The third-order valence-corrected chi connectivity index (χ3v) is 6.59. The first-order valence-electron chi connectivity index (χ1n) is 12.9. The number of rotatable bonds is 12. The van der Waals surface area contributed by atoms with E-state index < -0.39 is 30.3 Å². The molecule has 7 heteroatoms. The van der Waals surface area contributed by atoms with Gasteiger partial charge in [0.05, 0.1) is 38.6 Å². The highest BCUT2D eigenvalue weighted by Gasteiger charge is 2.54. The lowest BCUT2D eigenvalue weighted by atomic mass is 10.0. The Hall–Kier alpha value is -3.52. The van der Waals surface area contributed by atoms with Crippen molar-refractivity contribution in [3.8, 4) is 0 Å². The highest BCUT2D eigenvalue weighted by atomic mass is 16.6. The number of hydrogen-bond acceptors (Lipinski definition) is 6. The maximum absolute atomic E-state index is 12.3. The molecule has 3 aromatic rings. The monoisotopic (exact) mass is 517 g/mol. The standard InChI is InChI=1S/C31H35NO6/c1-22(33)32-28-27(21-35-23(2)34)29(36-18-24-12-6-3-7-13-24)31(38-20-26-16-10-5-11-17-26)30(28)37-19-25-14-8-4-9-15-25/h3-17,27-31H,18-21H2,1-2H3,(H,32,33)/t27-,28+,29+,30-,31-/m0/s1. The first-order valence-corrected chi connectivity index (χ1v) is 12.9. The van der Waals surface area contributed by atoms with Gasteiger partial charge in [-0.3, -0.25) is 9.59 Å². The van der Waals surface area contributed by atoms with Crippen LogP contribution in [0.3, 0.4) is 0 Å². The quantitative estimate of drug-likeness (QED) is 0.358. The largest absolute Gasteiger partial charge is 0.465 e. The lowest BCUT2D eigenvalue weighted by molar-refractivity contribution is -0.147. The highest BCUT2D eigenvalue weighted by molar-refractivity contribution is 5.73. The van der Waals surface area contributed by atoms with Crippen molar-refractivity contribution in [2.45, 2.75) is 58.0 Å². The zero-order valence-electron chi connectivity index (χ0n) is 21.8. The summed E-state index contributed by atoms with van der Waals surface area (Å²) >= 11 is 0. The predicted molar refractivity (Wildman–Crippen MR) is 143 cm³/mol. The molecule has 0 heterocycles. The fourth-order valence-corrected chi connectivity index (χ4v) is 4.83. The van der Waals surface area contributed by atoms with Gasteiger partial charge in [0.1, 0.15) is 12.2 Å². The summed E-state index contributed by atoms with van der Waals surface area (Å²) in [5, 5.41) is 3.04. The van der Waals surface area contributed by atoms with Crippen LogP contribution in [0.5, 0.6) is 0 Å². The molecule has 200 valence electrons. The average Bonchev–Trinajstić information content (AvgIpc) is 3.20. The molecule has 1 fully saturated rings. The molecule has 0 aliphatic heterocycles. The van der Waals surface area contributed by atoms with E-state index in [4.69, 9.17) is 18.9 Å². The molecule has 1 amide bonds. The van der Waals surface area contributed by atoms with Gasteiger partial charge < -0.3 is 24.3 Å². The highest BCUT2D eigenvalue weighted by Crippen LogP contribution is 2.36. The molecule has 5 atom stereocenters. The van der Waals surface area contributed by atoms with Gasteiger partial charge in [0, 0.05) is 19.8 Å². The normalized spacial score (nSPS) is 22.6. The molecule has 0 unspecified atom stereocenters. The molecule has 38 heavy (non-hydrogen) atoms. The molecule has 0 aromatic heterocycles. The SMILES string of the molecule is CC(=O)N[C@@H]1[C@H](COC(C)=O)[C@@H](OCc2ccccc2)[C@H](OCc2ccccc2)[C@H]1OCc1ccccc1. The fourth-order valence-electron chi connectivity index (χ4n) is 4.83. The third kappa shape index (κ3) is 7.74. The van der Waals surface area contributed by atoms with Gasteiger partial charge in [-0.1, -0.05) is 91.0 Å². The number of esters is 1. The summed E-state index contributed by atoms with van der Waals surface area (Å²) in [6, 6.07) is 29.1. The summed E-state index contributed by atoms with van der Waals surface area (Å²) in [5.74, 6) is -0.987. The summed E-state index contributed by atoms with van der Waals surface area (Å²) in [4.78, 5) is 24.1. The maximum Gasteiger partial charge on any atom is 0.302 e. The molecule has 0 bridgehead atoms. The molecule has 0 saturated heterocycles. The number of carbonyl (C=O) groups excluding carboxylic acids is 2. The number of hydrogen-bond donors (Lipinski definition) is 1. The number of ether oxygens (including phenoxy) is 4. The smallest absolute Gasteiger partial charge is 0.302 e. The van der Waals surface area contributed by atoms with Gasteiger partial charge >= 0.3 is 5.97 Å². The Morgan fingerprint density at radius 3 is 1.47 bits per heavy atom. The second kappa shape index (κ2) is 13.9. The van der Waals surface area contributed by atoms with Crippen LogP contribution in [-0.2, 0) is 48.4 Å². The summed E-state index contributed by atoms with van der Waals surface area (Å²) < 4.78 is 24.9. The minimum Gasteiger partial charge on any atom is -0.465 e. The van der Waals surface area contributed by atoms with Crippen LogP contribution in [0.1, 0.15) is 30.5 Å². The Labute approximate surface area is 224 Å². The van der Waals surface area contributed by atoms with E-state index in [0.717, 1.165) is 16.7 Å². The second-order valence-electron chi connectivity index (χ2n) is 9.48. The number of amides is 1. The van der Waals surface area contributed by atoms with Gasteiger partial charge in [0.15, 0.2) is 0 Å². The maximum atomic E-state index is 12.3. The van der Waals surface area contributed by atoms with E-state index >= 15 is 0 Å². The van der Waals surface area contributed by atoms with E-state index in [-0.39, 0.29) is 18.4 Å². The van der Waals surface area contributed by atoms with Crippen LogP contribution in [0, 0.1) is 5.92 Å². The molecule has 3 aromatic carbocycles. The molecule has 4 rings (SSSR count). The topological polar surface area (TPSA) is 83.1 Å². The van der Waals surface area contributed by atoms with E-state index in [9.17, 15) is 9.59 Å². The Bertz CT molecular complexity index is 1140. The second-order valence-corrected chi connectivity index (χ2v) is 9.48. The van der Waals surface area contributed by atoms with Crippen LogP contribution >= 0.6 is 0 Å². The molecular weight excluding hydrogens is 482 g/mol. The van der Waals surface area contributed by atoms with Crippen molar-refractivity contribution in [1.82, 2.24) is 5.32 Å². The molecule has 1 aliphatic carbocycles. The van der Waals surface area contributed by atoms with Gasteiger partial charge in [0.2, 0.25) is 5.91 Å². The molecule has 0 radical (unpaired) electrons. The summed E-state index contributed by atoms with van der Waals surface area (Å²) in [6.07, 6.45) is -1.57. The summed E-state index contributed by atoms with van der Waals surface area (Å²) in [6.45, 7) is 3.92. The number of nitrogens with one attached hydrogen (secondary N) is 1. The van der Waals surface area contributed by atoms with Crippen molar-refractivity contribution in [2.24, 2.45) is 5.92 Å². The Balaban J connectivity index is 1.64. The zero-order valence-corrected chi connectivity index (χ0v) is 21.8. The van der Waals surface area contributed by atoms with Gasteiger partial charge in [0.25, 0.3) is 0 Å². The van der Waals surface area contributed by atoms with Gasteiger partial charge in [-0.15, -0.1) is 0 Å². The van der Waals surface area contributed by atoms with E-state index in [1.165, 1.54) is 13.8 Å². The van der Waals surface area contributed by atoms with E-state index in [0.29, 0.717) is 19.8 Å². The van der Waals surface area contributed by atoms with Crippen LogP contribution < -0.4 is 5.32 Å². The Morgan fingerprint density at radius 2 is 1.05 bits per heavy atom. The van der Waals surface area contributed by atoms with Crippen molar-refractivity contribution in [3.05, 3.63) is 108 Å². The minimum atomic E-state index is -0.538. The van der Waals surface area contributed by atoms with E-state index in [1.807, 2.05) is 91.0 Å². The van der Waals surface area contributed by atoms with Gasteiger partial charge in [-0.05, 0) is 16.7 Å². The Morgan fingerprint density at radius 1 is 0.632 bits per heavy atom. The molecule has 1 N–H and O–H groups in total. The molecule has 1 aliphatic rings. The van der Waals surface area contributed by atoms with Crippen LogP contribution in [0.4, 0.5) is 0 Å². The Kier molecular flexibility index (Phi) is 10.0. The van der Waals surface area contributed by atoms with Crippen molar-refractivity contribution in [3.63, 3.8) is 0 Å². The first kappa shape index (κ1) is 27.5. The summed E-state index contributed by atoms with van der Waals surface area (Å²) in [5.41, 5.74) is 3.02. The third-order valence-electron chi connectivity index (χ3n) is 6.59. The first-order chi connectivity index (χ1) is 18.5. The van der Waals surface area contributed by atoms with Crippen LogP contribution in [0.15, 0.2) is 91.0 Å². The lowest BCUT2D eigenvalue weighted by Gasteiger charge is -2.27. The fraction of sp³-hybridized carbons (Fsp3) is 0.355. The van der Waals surface area contributed by atoms with Crippen molar-refractivity contribution < 1.29 is 28.5 Å². The number of benzene rings is 3. The van der Waals surface area contributed by atoms with Crippen LogP contribution in [0.2, 0.25) is 0 Å². The van der Waals surface area contributed by atoms with Crippen LogP contribution in [-0.4, -0.2) is 42.8 Å². The molecular formula is C31H35NO6. The zero-order chi connectivity index (χ0) is 26.7.